The topological polar surface area (TPSA) is 25.8 Å². The molecule has 7 heavy (non-hydrogen) atoms. The summed E-state index contributed by atoms with van der Waals surface area (Å²) in [4.78, 5) is 7.26. The van der Waals surface area contributed by atoms with Crippen molar-refractivity contribution in [3.63, 3.8) is 0 Å². The van der Waals surface area contributed by atoms with Gasteiger partial charge in [-0.25, -0.2) is 0 Å². The van der Waals surface area contributed by atoms with Crippen molar-refractivity contribution in [2.24, 2.45) is 0 Å². The second-order valence-corrected chi connectivity index (χ2v) is 0.835. The number of hydrogen-bond donors (Lipinski definition) is 0. The van der Waals surface area contributed by atoms with Crippen molar-refractivity contribution in [1.29, 1.82) is 0 Å². The van der Waals surface area contributed by atoms with Crippen molar-refractivity contribution in [3.05, 3.63) is 24.8 Å². The predicted octanol–water partition coefficient (Wildman–Crippen LogP) is -2.72. The third kappa shape index (κ3) is 2.38. The van der Waals surface area contributed by atoms with Gasteiger partial charge in [0.2, 0.25) is 0 Å². The van der Waals surface area contributed by atoms with Crippen LogP contribution in [0, 0.1) is 6.20 Å². The molecule has 0 amide bonds. The third-order valence-corrected chi connectivity index (χ3v) is 0.434. The molecule has 0 atom stereocenters. The van der Waals surface area contributed by atoms with Crippen molar-refractivity contribution in [1.82, 2.24) is 9.97 Å². The molecule has 0 aromatic carbocycles. The molecule has 0 fully saturated rings. The zero-order valence-electron chi connectivity index (χ0n) is 4.13. The fourth-order valence-corrected chi connectivity index (χ4v) is 0.225. The van der Waals surface area contributed by atoms with E-state index in [1.165, 1.54) is 6.20 Å². The first-order valence-electron chi connectivity index (χ1n) is 1.62. The zero-order valence-corrected chi connectivity index (χ0v) is 4.13. The molecule has 0 saturated carbocycles. The molecular formula is C4H3LiN2. The van der Waals surface area contributed by atoms with E-state index < -0.39 is 0 Å². The smallest absolute Gasteiger partial charge is 0.456 e. The Morgan fingerprint density at radius 3 is 2.29 bits per heavy atom. The van der Waals surface area contributed by atoms with E-state index in [-0.39, 0.29) is 18.9 Å². The van der Waals surface area contributed by atoms with Gasteiger partial charge in [0.05, 0.1) is 0 Å². The van der Waals surface area contributed by atoms with Gasteiger partial charge in [-0.05, 0) is 12.4 Å². The maximum atomic E-state index is 3.67. The van der Waals surface area contributed by atoms with Crippen LogP contribution in [0.4, 0.5) is 0 Å². The third-order valence-electron chi connectivity index (χ3n) is 0.434. The summed E-state index contributed by atoms with van der Waals surface area (Å²) in [6, 6.07) is 0. The van der Waals surface area contributed by atoms with Crippen LogP contribution in [0.1, 0.15) is 0 Å². The molecule has 0 aliphatic rings. The Hall–Kier alpha value is -0.323. The second kappa shape index (κ2) is 3.85. The Morgan fingerprint density at radius 1 is 1.29 bits per heavy atom. The summed E-state index contributed by atoms with van der Waals surface area (Å²) >= 11 is 0. The molecule has 0 radical (unpaired) electrons. The van der Waals surface area contributed by atoms with Crippen LogP contribution in [0.5, 0.6) is 0 Å². The van der Waals surface area contributed by atoms with Gasteiger partial charge in [0.25, 0.3) is 0 Å². The van der Waals surface area contributed by atoms with E-state index in [1.807, 2.05) is 0 Å². The molecule has 0 N–H and O–H groups in total. The quantitative estimate of drug-likeness (QED) is 0.253. The molecule has 1 rings (SSSR count). The molecule has 2 nitrogen and oxygen atoms in total. The molecule has 0 spiro atoms. The Kier molecular flexibility index (Phi) is 3.68. The van der Waals surface area contributed by atoms with Crippen LogP contribution < -0.4 is 18.9 Å². The first kappa shape index (κ1) is 6.68. The largest absolute Gasteiger partial charge is 1.00 e. The maximum Gasteiger partial charge on any atom is 1.00 e. The average molecular weight is 86.0 g/mol. The summed E-state index contributed by atoms with van der Waals surface area (Å²) < 4.78 is 0. The Balaban J connectivity index is 0.000000360. The molecule has 0 aliphatic heterocycles. The standard InChI is InChI=1S/C4H3N2.Li/c1-2-6-4-3-5-1;/h1-3H;/q-1;+1. The van der Waals surface area contributed by atoms with Gasteiger partial charge in [-0.3, -0.25) is 0 Å². The van der Waals surface area contributed by atoms with Crippen LogP contribution in [0.3, 0.4) is 0 Å². The summed E-state index contributed by atoms with van der Waals surface area (Å²) in [5.74, 6) is 0. The predicted molar refractivity (Wildman–Crippen MR) is 20.9 cm³/mol. The Morgan fingerprint density at radius 2 is 2.14 bits per heavy atom. The number of nitrogens with zero attached hydrogens (tertiary/aromatic N) is 2. The SMILES string of the molecule is [Li+].[c-]1cnccn1. The van der Waals surface area contributed by atoms with Gasteiger partial charge in [0.1, 0.15) is 0 Å². The molecule has 1 aromatic rings. The molecule has 1 aromatic heterocycles. The van der Waals surface area contributed by atoms with Gasteiger partial charge in [-0.1, -0.05) is 0 Å². The first-order valence-corrected chi connectivity index (χ1v) is 1.62. The minimum absolute atomic E-state index is 0. The van der Waals surface area contributed by atoms with Gasteiger partial charge >= 0.3 is 18.9 Å². The van der Waals surface area contributed by atoms with E-state index in [2.05, 4.69) is 16.2 Å². The summed E-state index contributed by atoms with van der Waals surface area (Å²) in [5, 5.41) is 0. The van der Waals surface area contributed by atoms with Crippen molar-refractivity contribution in [3.8, 4) is 0 Å². The Bertz CT molecular complexity index is 81.6. The minimum atomic E-state index is 0. The normalized spacial score (nSPS) is 6.86. The van der Waals surface area contributed by atoms with Gasteiger partial charge in [0, 0.05) is 0 Å². The molecule has 0 saturated heterocycles. The van der Waals surface area contributed by atoms with E-state index in [1.54, 1.807) is 12.4 Å². The molecule has 1 heterocycles. The van der Waals surface area contributed by atoms with E-state index in [9.17, 15) is 0 Å². The molecule has 0 unspecified atom stereocenters. The molecule has 30 valence electrons. The molecule has 3 heteroatoms. The van der Waals surface area contributed by atoms with Crippen LogP contribution in [0.25, 0.3) is 0 Å². The van der Waals surface area contributed by atoms with Crippen molar-refractivity contribution in [2.45, 2.75) is 0 Å². The monoisotopic (exact) mass is 86.0 g/mol. The van der Waals surface area contributed by atoms with E-state index in [0.29, 0.717) is 0 Å². The summed E-state index contributed by atoms with van der Waals surface area (Å²) in [5.41, 5.74) is 0. The van der Waals surface area contributed by atoms with Crippen molar-refractivity contribution in [2.75, 3.05) is 0 Å². The molecule has 0 bridgehead atoms. The number of rotatable bonds is 0. The van der Waals surface area contributed by atoms with Crippen molar-refractivity contribution < 1.29 is 18.9 Å². The first-order chi connectivity index (χ1) is 3.00. The van der Waals surface area contributed by atoms with Crippen LogP contribution in [-0.2, 0) is 0 Å². The number of aromatic nitrogens is 2. The molecule has 0 aliphatic carbocycles. The fourth-order valence-electron chi connectivity index (χ4n) is 0.225. The van der Waals surface area contributed by atoms with Gasteiger partial charge in [-0.2, -0.15) is 0 Å². The van der Waals surface area contributed by atoms with Gasteiger partial charge < -0.3 is 9.97 Å². The summed E-state index contributed by atoms with van der Waals surface area (Å²) in [6.45, 7) is 0. The Labute approximate surface area is 54.2 Å². The number of hydrogen-bond acceptors (Lipinski definition) is 2. The fraction of sp³-hybridized carbons (Fsp3) is 0. The minimum Gasteiger partial charge on any atom is -0.456 e. The zero-order chi connectivity index (χ0) is 4.24. The van der Waals surface area contributed by atoms with Gasteiger partial charge in [0.15, 0.2) is 0 Å². The van der Waals surface area contributed by atoms with Crippen LogP contribution >= 0.6 is 0 Å². The van der Waals surface area contributed by atoms with E-state index in [4.69, 9.17) is 0 Å². The van der Waals surface area contributed by atoms with Crippen LogP contribution in [0.15, 0.2) is 18.6 Å². The summed E-state index contributed by atoms with van der Waals surface area (Å²) in [7, 11) is 0. The van der Waals surface area contributed by atoms with E-state index >= 15 is 0 Å². The van der Waals surface area contributed by atoms with Gasteiger partial charge in [-0.15, -0.1) is 12.4 Å². The van der Waals surface area contributed by atoms with Crippen LogP contribution in [0.2, 0.25) is 0 Å². The van der Waals surface area contributed by atoms with Crippen LogP contribution in [-0.4, -0.2) is 9.97 Å². The summed E-state index contributed by atoms with van der Waals surface area (Å²) in [6.07, 6.45) is 7.24. The maximum absolute atomic E-state index is 3.67. The molecular weight excluding hydrogens is 83.0 g/mol. The average Bonchev–Trinajstić information content (AvgIpc) is 1.72. The second-order valence-electron chi connectivity index (χ2n) is 0.835. The van der Waals surface area contributed by atoms with E-state index in [0.717, 1.165) is 0 Å². The van der Waals surface area contributed by atoms with Crippen molar-refractivity contribution >= 4 is 0 Å².